The lowest BCUT2D eigenvalue weighted by molar-refractivity contribution is -0.137. The molecular formula is C18H20N2O3S. The molecule has 0 unspecified atom stereocenters. The van der Waals surface area contributed by atoms with Crippen LogP contribution in [-0.2, 0) is 14.3 Å². The second kappa shape index (κ2) is 6.43. The van der Waals surface area contributed by atoms with Crippen molar-refractivity contribution in [1.82, 2.24) is 4.90 Å². The van der Waals surface area contributed by atoms with Crippen LogP contribution < -0.4 is 0 Å². The zero-order chi connectivity index (χ0) is 17.4. The van der Waals surface area contributed by atoms with Crippen LogP contribution in [0.5, 0.6) is 0 Å². The number of methoxy groups -OCH3 is 1. The molecule has 126 valence electrons. The zero-order valence-corrected chi connectivity index (χ0v) is 15.0. The van der Waals surface area contributed by atoms with Gasteiger partial charge in [-0.05, 0) is 25.8 Å². The summed E-state index contributed by atoms with van der Waals surface area (Å²) >= 11 is 1.47. The summed E-state index contributed by atoms with van der Waals surface area (Å²) in [5.41, 5.74) is 3.04. The average molecular weight is 344 g/mol. The predicted molar refractivity (Wildman–Crippen MR) is 94.6 cm³/mol. The van der Waals surface area contributed by atoms with Gasteiger partial charge in [0.05, 0.1) is 29.7 Å². The maximum atomic E-state index is 12.8. The maximum Gasteiger partial charge on any atom is 0.338 e. The van der Waals surface area contributed by atoms with Crippen LogP contribution in [0.3, 0.4) is 0 Å². The molecule has 3 rings (SSSR count). The Labute approximate surface area is 145 Å². The summed E-state index contributed by atoms with van der Waals surface area (Å²) < 4.78 is 4.96. The molecular weight excluding hydrogens is 324 g/mol. The fourth-order valence-electron chi connectivity index (χ4n) is 3.02. The standard InChI is InChI=1S/C18H20N2O3S/c1-5-13-16(21)20-15(12-8-6-10(2)7-9-12)14(17(22)23-4)11(3)19-18(20)24-13/h6-9,13,15H,5H2,1-4H3/t13-,15+/m0/s1. The molecule has 1 fully saturated rings. The molecule has 2 atom stereocenters. The van der Waals surface area contributed by atoms with E-state index in [1.807, 2.05) is 38.1 Å². The minimum absolute atomic E-state index is 0.000674. The summed E-state index contributed by atoms with van der Waals surface area (Å²) in [6.45, 7) is 5.78. The number of aryl methyl sites for hydroxylation is 1. The third kappa shape index (κ3) is 2.65. The van der Waals surface area contributed by atoms with Crippen molar-refractivity contribution < 1.29 is 14.3 Å². The van der Waals surface area contributed by atoms with Gasteiger partial charge in [-0.1, -0.05) is 48.5 Å². The number of hydrogen-bond acceptors (Lipinski definition) is 5. The van der Waals surface area contributed by atoms with Gasteiger partial charge in [-0.2, -0.15) is 0 Å². The maximum absolute atomic E-state index is 12.8. The average Bonchev–Trinajstić information content (AvgIpc) is 2.89. The van der Waals surface area contributed by atoms with Crippen molar-refractivity contribution >= 4 is 28.8 Å². The molecule has 0 bridgehead atoms. The van der Waals surface area contributed by atoms with Crippen LogP contribution in [0.15, 0.2) is 40.5 Å². The van der Waals surface area contributed by atoms with E-state index in [2.05, 4.69) is 4.99 Å². The Balaban J connectivity index is 2.15. The van der Waals surface area contributed by atoms with E-state index in [0.29, 0.717) is 16.4 Å². The Bertz CT molecular complexity index is 752. The molecule has 5 nitrogen and oxygen atoms in total. The highest BCUT2D eigenvalue weighted by atomic mass is 32.2. The molecule has 2 aliphatic rings. The number of allylic oxidation sites excluding steroid dienone is 1. The van der Waals surface area contributed by atoms with Crippen LogP contribution in [-0.4, -0.2) is 34.3 Å². The number of amides is 1. The normalized spacial score (nSPS) is 23.2. The number of aliphatic imine (C=N–C) groups is 1. The second-order valence-corrected chi connectivity index (χ2v) is 7.09. The van der Waals surface area contributed by atoms with Gasteiger partial charge in [0.25, 0.3) is 0 Å². The van der Waals surface area contributed by atoms with E-state index in [4.69, 9.17) is 4.74 Å². The second-order valence-electron chi connectivity index (χ2n) is 5.92. The van der Waals surface area contributed by atoms with E-state index in [0.717, 1.165) is 17.5 Å². The molecule has 2 heterocycles. The summed E-state index contributed by atoms with van der Waals surface area (Å²) in [5.74, 6) is -0.445. The summed E-state index contributed by atoms with van der Waals surface area (Å²) in [5, 5.41) is 0.518. The number of amidine groups is 1. The Morgan fingerprint density at radius 3 is 2.54 bits per heavy atom. The van der Waals surface area contributed by atoms with Gasteiger partial charge in [0.2, 0.25) is 5.91 Å². The molecule has 2 aliphatic heterocycles. The topological polar surface area (TPSA) is 59.0 Å². The molecule has 0 aromatic heterocycles. The number of benzene rings is 1. The first-order valence-electron chi connectivity index (χ1n) is 7.92. The molecule has 1 amide bonds. The Morgan fingerprint density at radius 1 is 1.29 bits per heavy atom. The van der Waals surface area contributed by atoms with Gasteiger partial charge in [0.1, 0.15) is 0 Å². The Morgan fingerprint density at radius 2 is 1.96 bits per heavy atom. The van der Waals surface area contributed by atoms with Crippen LogP contribution in [0.2, 0.25) is 0 Å². The van der Waals surface area contributed by atoms with Crippen LogP contribution in [0.25, 0.3) is 0 Å². The first kappa shape index (κ1) is 16.8. The summed E-state index contributed by atoms with van der Waals surface area (Å²) in [6, 6.07) is 7.39. The molecule has 6 heteroatoms. The van der Waals surface area contributed by atoms with Crippen molar-refractivity contribution in [1.29, 1.82) is 0 Å². The van der Waals surface area contributed by atoms with E-state index in [1.54, 1.807) is 11.8 Å². The van der Waals surface area contributed by atoms with E-state index >= 15 is 0 Å². The number of thioether (sulfide) groups is 1. The number of carbonyl (C=O) groups is 2. The largest absolute Gasteiger partial charge is 0.466 e. The zero-order valence-electron chi connectivity index (χ0n) is 14.2. The van der Waals surface area contributed by atoms with E-state index in [9.17, 15) is 9.59 Å². The third-order valence-corrected chi connectivity index (χ3v) is 5.64. The molecule has 1 aromatic carbocycles. The van der Waals surface area contributed by atoms with Crippen molar-refractivity contribution in [2.75, 3.05) is 7.11 Å². The molecule has 0 aliphatic carbocycles. The van der Waals surface area contributed by atoms with Crippen LogP contribution >= 0.6 is 11.8 Å². The van der Waals surface area contributed by atoms with Gasteiger partial charge in [-0.3, -0.25) is 9.69 Å². The van der Waals surface area contributed by atoms with Crippen LogP contribution in [0, 0.1) is 6.92 Å². The lowest BCUT2D eigenvalue weighted by Gasteiger charge is -2.32. The number of fused-ring (bicyclic) bond motifs is 1. The number of carbonyl (C=O) groups excluding carboxylic acids is 2. The van der Waals surface area contributed by atoms with Crippen LogP contribution in [0.1, 0.15) is 37.4 Å². The van der Waals surface area contributed by atoms with Gasteiger partial charge in [-0.15, -0.1) is 0 Å². The fourth-order valence-corrected chi connectivity index (χ4v) is 4.16. The van der Waals surface area contributed by atoms with Gasteiger partial charge in [0, 0.05) is 0 Å². The predicted octanol–water partition coefficient (Wildman–Crippen LogP) is 3.21. The monoisotopic (exact) mass is 344 g/mol. The lowest BCUT2D eigenvalue weighted by Crippen LogP contribution is -2.40. The highest BCUT2D eigenvalue weighted by Crippen LogP contribution is 2.43. The van der Waals surface area contributed by atoms with Crippen molar-refractivity contribution in [3.05, 3.63) is 46.7 Å². The highest BCUT2D eigenvalue weighted by Gasteiger charge is 2.46. The highest BCUT2D eigenvalue weighted by molar-refractivity contribution is 8.15. The first-order valence-corrected chi connectivity index (χ1v) is 8.80. The van der Waals surface area contributed by atoms with Crippen molar-refractivity contribution in [3.8, 4) is 0 Å². The smallest absolute Gasteiger partial charge is 0.338 e. The molecule has 0 spiro atoms. The van der Waals surface area contributed by atoms with Gasteiger partial charge >= 0.3 is 5.97 Å². The fraction of sp³-hybridized carbons (Fsp3) is 0.389. The summed E-state index contributed by atoms with van der Waals surface area (Å²) in [6.07, 6.45) is 0.728. The van der Waals surface area contributed by atoms with Crippen molar-refractivity contribution in [3.63, 3.8) is 0 Å². The molecule has 0 saturated carbocycles. The lowest BCUT2D eigenvalue weighted by atomic mass is 9.93. The molecule has 0 N–H and O–H groups in total. The minimum Gasteiger partial charge on any atom is -0.466 e. The van der Waals surface area contributed by atoms with E-state index in [-0.39, 0.29) is 11.2 Å². The van der Waals surface area contributed by atoms with Gasteiger partial charge in [-0.25, -0.2) is 9.79 Å². The van der Waals surface area contributed by atoms with E-state index < -0.39 is 12.0 Å². The number of hydrogen-bond donors (Lipinski definition) is 0. The quantitative estimate of drug-likeness (QED) is 0.790. The molecule has 1 saturated heterocycles. The van der Waals surface area contributed by atoms with Gasteiger partial charge < -0.3 is 4.74 Å². The molecule has 0 radical (unpaired) electrons. The van der Waals surface area contributed by atoms with Crippen molar-refractivity contribution in [2.24, 2.45) is 4.99 Å². The van der Waals surface area contributed by atoms with E-state index in [1.165, 1.54) is 18.9 Å². The van der Waals surface area contributed by atoms with Gasteiger partial charge in [0.15, 0.2) is 5.17 Å². The summed E-state index contributed by atoms with van der Waals surface area (Å²) in [4.78, 5) is 31.4. The number of nitrogens with zero attached hydrogens (tertiary/aromatic N) is 2. The molecule has 1 aromatic rings. The Hall–Kier alpha value is -2.08. The number of esters is 1. The molecule has 24 heavy (non-hydrogen) atoms. The summed E-state index contributed by atoms with van der Waals surface area (Å²) in [7, 11) is 1.35. The SMILES string of the molecule is CC[C@@H]1SC2=NC(C)=C(C(=O)OC)[C@@H](c3ccc(C)cc3)N2C1=O. The third-order valence-electron chi connectivity index (χ3n) is 4.32. The van der Waals surface area contributed by atoms with Crippen LogP contribution in [0.4, 0.5) is 0 Å². The van der Waals surface area contributed by atoms with Crippen molar-refractivity contribution in [2.45, 2.75) is 38.5 Å². The number of ether oxygens (including phenoxy) is 1. The number of rotatable bonds is 3. The Kier molecular flexibility index (Phi) is 4.49. The first-order chi connectivity index (χ1) is 11.5. The minimum atomic E-state index is -0.484.